The van der Waals surface area contributed by atoms with Gasteiger partial charge in [0, 0.05) is 4.90 Å². The van der Waals surface area contributed by atoms with Crippen LogP contribution >= 0.6 is 12.6 Å². The minimum absolute atomic E-state index is 0.436. The third-order valence-electron chi connectivity index (χ3n) is 1.98. The van der Waals surface area contributed by atoms with Crippen LogP contribution in [0.15, 0.2) is 29.2 Å². The van der Waals surface area contributed by atoms with Gasteiger partial charge in [-0.3, -0.25) is 0 Å². The Kier molecular flexibility index (Phi) is 4.14. The van der Waals surface area contributed by atoms with E-state index in [2.05, 4.69) is 17.4 Å². The SMILES string of the molecule is COC(=O)C(O)C(O)c1ccc(S)cc1. The van der Waals surface area contributed by atoms with Gasteiger partial charge in [-0.2, -0.15) is 0 Å². The van der Waals surface area contributed by atoms with Gasteiger partial charge in [0.2, 0.25) is 0 Å². The van der Waals surface area contributed by atoms with Crippen molar-refractivity contribution in [1.82, 2.24) is 0 Å². The lowest BCUT2D eigenvalue weighted by Gasteiger charge is -2.15. The Labute approximate surface area is 92.9 Å². The molecule has 82 valence electrons. The number of aliphatic hydroxyl groups is 2. The maximum absolute atomic E-state index is 10.9. The molecule has 0 aliphatic carbocycles. The van der Waals surface area contributed by atoms with Gasteiger partial charge in [-0.15, -0.1) is 12.6 Å². The second-order valence-corrected chi connectivity index (χ2v) is 3.52. The van der Waals surface area contributed by atoms with Crippen LogP contribution in [0.3, 0.4) is 0 Å². The molecule has 0 saturated carbocycles. The van der Waals surface area contributed by atoms with Gasteiger partial charge in [0.25, 0.3) is 0 Å². The van der Waals surface area contributed by atoms with E-state index in [0.29, 0.717) is 5.56 Å². The summed E-state index contributed by atoms with van der Waals surface area (Å²) in [6.07, 6.45) is -2.85. The molecule has 4 nitrogen and oxygen atoms in total. The number of benzene rings is 1. The third kappa shape index (κ3) is 2.95. The van der Waals surface area contributed by atoms with E-state index >= 15 is 0 Å². The van der Waals surface area contributed by atoms with Gasteiger partial charge in [0.05, 0.1) is 7.11 Å². The lowest BCUT2D eigenvalue weighted by molar-refractivity contribution is -0.156. The molecule has 2 atom stereocenters. The van der Waals surface area contributed by atoms with Crippen LogP contribution in [0.2, 0.25) is 0 Å². The molecule has 0 amide bonds. The summed E-state index contributed by atoms with van der Waals surface area (Å²) in [7, 11) is 1.15. The molecule has 0 heterocycles. The zero-order valence-electron chi connectivity index (χ0n) is 8.12. The van der Waals surface area contributed by atoms with Crippen molar-refractivity contribution in [3.8, 4) is 0 Å². The average Bonchev–Trinajstić information content (AvgIpc) is 2.27. The van der Waals surface area contributed by atoms with Gasteiger partial charge in [-0.05, 0) is 17.7 Å². The predicted molar refractivity (Wildman–Crippen MR) is 56.7 cm³/mol. The lowest BCUT2D eigenvalue weighted by atomic mass is 10.0. The van der Waals surface area contributed by atoms with Crippen molar-refractivity contribution in [2.75, 3.05) is 7.11 Å². The summed E-state index contributed by atoms with van der Waals surface area (Å²) in [5, 5.41) is 19.0. The maximum Gasteiger partial charge on any atom is 0.337 e. The van der Waals surface area contributed by atoms with E-state index in [0.717, 1.165) is 12.0 Å². The van der Waals surface area contributed by atoms with Crippen molar-refractivity contribution in [3.63, 3.8) is 0 Å². The Hall–Kier alpha value is -1.04. The van der Waals surface area contributed by atoms with E-state index in [1.54, 1.807) is 24.3 Å². The molecule has 0 radical (unpaired) electrons. The molecule has 2 N–H and O–H groups in total. The quantitative estimate of drug-likeness (QED) is 0.522. The monoisotopic (exact) mass is 228 g/mol. The van der Waals surface area contributed by atoms with Crippen LogP contribution in [0.4, 0.5) is 0 Å². The Bertz CT molecular complexity index is 336. The van der Waals surface area contributed by atoms with Gasteiger partial charge in [0.1, 0.15) is 6.10 Å². The number of carbonyl (C=O) groups excluding carboxylic acids is 1. The van der Waals surface area contributed by atoms with Crippen molar-refractivity contribution in [2.24, 2.45) is 0 Å². The van der Waals surface area contributed by atoms with Gasteiger partial charge in [-0.25, -0.2) is 4.79 Å². The van der Waals surface area contributed by atoms with E-state index in [1.807, 2.05) is 0 Å². The van der Waals surface area contributed by atoms with Crippen LogP contribution < -0.4 is 0 Å². The molecule has 0 aliphatic heterocycles. The van der Waals surface area contributed by atoms with E-state index in [4.69, 9.17) is 0 Å². The zero-order chi connectivity index (χ0) is 11.4. The Morgan fingerprint density at radius 3 is 2.33 bits per heavy atom. The molecular formula is C10H12O4S. The number of hydrogen-bond acceptors (Lipinski definition) is 5. The number of methoxy groups -OCH3 is 1. The summed E-state index contributed by atoms with van der Waals surface area (Å²) in [6.45, 7) is 0. The summed E-state index contributed by atoms with van der Waals surface area (Å²) < 4.78 is 4.31. The highest BCUT2D eigenvalue weighted by Gasteiger charge is 2.26. The molecule has 1 aromatic rings. The van der Waals surface area contributed by atoms with Crippen LogP contribution in [-0.4, -0.2) is 29.4 Å². The van der Waals surface area contributed by atoms with E-state index in [9.17, 15) is 15.0 Å². The number of hydrogen-bond donors (Lipinski definition) is 3. The molecule has 0 aromatic heterocycles. The number of carbonyl (C=O) groups is 1. The molecule has 5 heteroatoms. The van der Waals surface area contributed by atoms with Crippen molar-refractivity contribution in [2.45, 2.75) is 17.1 Å². The van der Waals surface area contributed by atoms with Crippen molar-refractivity contribution in [1.29, 1.82) is 0 Å². The van der Waals surface area contributed by atoms with Crippen LogP contribution in [0, 0.1) is 0 Å². The number of rotatable bonds is 3. The van der Waals surface area contributed by atoms with Gasteiger partial charge < -0.3 is 14.9 Å². The van der Waals surface area contributed by atoms with Crippen molar-refractivity contribution < 1.29 is 19.7 Å². The number of aliphatic hydroxyl groups excluding tert-OH is 2. The summed E-state index contributed by atoms with van der Waals surface area (Å²) in [5.41, 5.74) is 0.436. The normalized spacial score (nSPS) is 14.4. The lowest BCUT2D eigenvalue weighted by Crippen LogP contribution is -2.28. The summed E-state index contributed by atoms with van der Waals surface area (Å²) in [6, 6.07) is 6.48. The second kappa shape index (κ2) is 5.16. The fraction of sp³-hybridized carbons (Fsp3) is 0.300. The molecule has 2 unspecified atom stereocenters. The van der Waals surface area contributed by atoms with Gasteiger partial charge >= 0.3 is 5.97 Å². The maximum atomic E-state index is 10.9. The molecule has 0 aliphatic rings. The molecule has 1 rings (SSSR count). The topological polar surface area (TPSA) is 66.8 Å². The van der Waals surface area contributed by atoms with Crippen molar-refractivity contribution in [3.05, 3.63) is 29.8 Å². The fourth-order valence-electron chi connectivity index (χ4n) is 1.10. The third-order valence-corrected chi connectivity index (χ3v) is 2.27. The highest BCUT2D eigenvalue weighted by molar-refractivity contribution is 7.80. The minimum atomic E-state index is -1.57. The summed E-state index contributed by atoms with van der Waals surface area (Å²) >= 11 is 4.08. The van der Waals surface area contributed by atoms with Gasteiger partial charge in [-0.1, -0.05) is 12.1 Å². The molecule has 0 fully saturated rings. The molecule has 15 heavy (non-hydrogen) atoms. The van der Waals surface area contributed by atoms with Gasteiger partial charge in [0.15, 0.2) is 6.10 Å². The number of esters is 1. The Morgan fingerprint density at radius 1 is 1.33 bits per heavy atom. The highest BCUT2D eigenvalue weighted by Crippen LogP contribution is 2.19. The van der Waals surface area contributed by atoms with Crippen LogP contribution in [-0.2, 0) is 9.53 Å². The highest BCUT2D eigenvalue weighted by atomic mass is 32.1. The molecule has 1 aromatic carbocycles. The van der Waals surface area contributed by atoms with Crippen molar-refractivity contribution >= 4 is 18.6 Å². The molecule has 0 spiro atoms. The number of thiol groups is 1. The predicted octanol–water partition coefficient (Wildman–Crippen LogP) is 0.543. The standard InChI is InChI=1S/C10H12O4S/c1-14-10(13)9(12)8(11)6-2-4-7(15)5-3-6/h2-5,8-9,11-12,15H,1H3. The smallest absolute Gasteiger partial charge is 0.337 e. The molecule has 0 bridgehead atoms. The molecule has 0 saturated heterocycles. The van der Waals surface area contributed by atoms with E-state index in [-0.39, 0.29) is 0 Å². The zero-order valence-corrected chi connectivity index (χ0v) is 9.02. The first-order valence-corrected chi connectivity index (χ1v) is 4.74. The Morgan fingerprint density at radius 2 is 1.87 bits per heavy atom. The second-order valence-electron chi connectivity index (χ2n) is 3.00. The first-order valence-electron chi connectivity index (χ1n) is 4.29. The minimum Gasteiger partial charge on any atom is -0.467 e. The van der Waals surface area contributed by atoms with E-state index in [1.165, 1.54) is 0 Å². The fourth-order valence-corrected chi connectivity index (χ4v) is 1.25. The van der Waals surface area contributed by atoms with E-state index < -0.39 is 18.2 Å². The summed E-state index contributed by atoms with van der Waals surface area (Å²) in [4.78, 5) is 11.7. The first-order chi connectivity index (χ1) is 7.06. The average molecular weight is 228 g/mol. The summed E-state index contributed by atoms with van der Waals surface area (Å²) in [5.74, 6) is -0.863. The largest absolute Gasteiger partial charge is 0.467 e. The first kappa shape index (κ1) is 12.0. The van der Waals surface area contributed by atoms with Crippen LogP contribution in [0.1, 0.15) is 11.7 Å². The number of ether oxygens (including phenoxy) is 1. The Balaban J connectivity index is 2.80. The van der Waals surface area contributed by atoms with Crippen LogP contribution in [0.5, 0.6) is 0 Å². The molecular weight excluding hydrogens is 216 g/mol. The van der Waals surface area contributed by atoms with Crippen LogP contribution in [0.25, 0.3) is 0 Å².